The molecule has 0 saturated heterocycles. The highest BCUT2D eigenvalue weighted by Gasteiger charge is 2.12. The molecule has 0 radical (unpaired) electrons. The predicted molar refractivity (Wildman–Crippen MR) is 83.3 cm³/mol. The van der Waals surface area contributed by atoms with E-state index in [9.17, 15) is 8.42 Å². The summed E-state index contributed by atoms with van der Waals surface area (Å²) >= 11 is 0. The number of nitrogens with two attached hydrogens (primary N) is 1. The smallest absolute Gasteiger partial charge is 0.238 e. The van der Waals surface area contributed by atoms with Gasteiger partial charge in [0.05, 0.1) is 4.90 Å². The molecule has 0 aliphatic rings. The Hall–Kier alpha value is -1.11. The second kappa shape index (κ2) is 7.06. The van der Waals surface area contributed by atoms with Crippen molar-refractivity contribution in [3.8, 4) is 0 Å². The van der Waals surface area contributed by atoms with Gasteiger partial charge in [-0.15, -0.1) is 0 Å². The molecule has 0 amide bonds. The Morgan fingerprint density at radius 2 is 1.60 bits per heavy atom. The second-order valence-corrected chi connectivity index (χ2v) is 6.98. The van der Waals surface area contributed by atoms with Gasteiger partial charge in [0.2, 0.25) is 10.0 Å². The number of rotatable bonds is 7. The average molecular weight is 299 g/mol. The molecule has 5 nitrogen and oxygen atoms in total. The maximum atomic E-state index is 11.1. The van der Waals surface area contributed by atoms with E-state index < -0.39 is 10.0 Å². The molecule has 6 heteroatoms. The van der Waals surface area contributed by atoms with E-state index >= 15 is 0 Å². The molecule has 0 atom stereocenters. The topological polar surface area (TPSA) is 75.4 Å². The van der Waals surface area contributed by atoms with Gasteiger partial charge in [-0.2, -0.15) is 0 Å². The zero-order chi connectivity index (χ0) is 15.3. The van der Waals surface area contributed by atoms with Crippen LogP contribution in [0.3, 0.4) is 0 Å². The summed E-state index contributed by atoms with van der Waals surface area (Å²) in [5.74, 6) is 0. The molecule has 0 aliphatic carbocycles. The molecule has 0 aliphatic heterocycles. The largest absolute Gasteiger partial charge is 0.384 e. The van der Waals surface area contributed by atoms with Crippen LogP contribution in [-0.4, -0.2) is 38.5 Å². The molecule has 114 valence electrons. The van der Waals surface area contributed by atoms with Crippen LogP contribution in [0.15, 0.2) is 29.2 Å². The first-order chi connectivity index (χ1) is 9.21. The lowest BCUT2D eigenvalue weighted by molar-refractivity contribution is 0.182. The van der Waals surface area contributed by atoms with Crippen molar-refractivity contribution in [2.24, 2.45) is 5.14 Å². The predicted octanol–water partition coefficient (Wildman–Crippen LogP) is 1.86. The van der Waals surface area contributed by atoms with Crippen molar-refractivity contribution in [2.45, 2.75) is 44.7 Å². The van der Waals surface area contributed by atoms with Crippen LogP contribution in [0.5, 0.6) is 0 Å². The van der Waals surface area contributed by atoms with Gasteiger partial charge >= 0.3 is 0 Å². The van der Waals surface area contributed by atoms with E-state index in [4.69, 9.17) is 5.14 Å². The number of hydrogen-bond donors (Lipinski definition) is 2. The molecule has 0 unspecified atom stereocenters. The van der Waals surface area contributed by atoms with E-state index in [2.05, 4.69) is 37.9 Å². The monoisotopic (exact) mass is 299 g/mol. The van der Waals surface area contributed by atoms with Gasteiger partial charge in [-0.1, -0.05) is 0 Å². The molecule has 0 aromatic heterocycles. The molecule has 0 heterocycles. The Balaban J connectivity index is 2.54. The summed E-state index contributed by atoms with van der Waals surface area (Å²) in [4.78, 5) is 2.53. The molecule has 1 rings (SSSR count). The highest BCUT2D eigenvalue weighted by molar-refractivity contribution is 7.89. The molecule has 0 fully saturated rings. The van der Waals surface area contributed by atoms with Crippen molar-refractivity contribution in [1.82, 2.24) is 4.90 Å². The normalized spacial score (nSPS) is 12.4. The first kappa shape index (κ1) is 16.9. The highest BCUT2D eigenvalue weighted by Crippen LogP contribution is 2.12. The number of anilines is 1. The Kier molecular flexibility index (Phi) is 5.98. The fourth-order valence-electron chi connectivity index (χ4n) is 2.20. The summed E-state index contributed by atoms with van der Waals surface area (Å²) in [5.41, 5.74) is 0.893. The average Bonchev–Trinajstić information content (AvgIpc) is 2.33. The first-order valence-corrected chi connectivity index (χ1v) is 8.39. The van der Waals surface area contributed by atoms with Crippen LogP contribution >= 0.6 is 0 Å². The minimum absolute atomic E-state index is 0.133. The number of nitrogens with one attached hydrogen (secondary N) is 1. The van der Waals surface area contributed by atoms with Gasteiger partial charge in [-0.3, -0.25) is 4.90 Å². The fourth-order valence-corrected chi connectivity index (χ4v) is 2.72. The first-order valence-electron chi connectivity index (χ1n) is 6.84. The van der Waals surface area contributed by atoms with Crippen LogP contribution in [0.2, 0.25) is 0 Å². The summed E-state index contributed by atoms with van der Waals surface area (Å²) in [6, 6.07) is 7.49. The molecule has 0 bridgehead atoms. The molecule has 0 spiro atoms. The van der Waals surface area contributed by atoms with E-state index in [1.807, 2.05) is 0 Å². The van der Waals surface area contributed by atoms with Crippen LogP contribution < -0.4 is 10.5 Å². The van der Waals surface area contributed by atoms with Crippen molar-refractivity contribution >= 4 is 15.7 Å². The fraction of sp³-hybridized carbons (Fsp3) is 0.571. The maximum absolute atomic E-state index is 11.1. The Morgan fingerprint density at radius 1 is 1.10 bits per heavy atom. The zero-order valence-electron chi connectivity index (χ0n) is 12.6. The third-order valence-corrected chi connectivity index (χ3v) is 4.14. The van der Waals surface area contributed by atoms with Gasteiger partial charge in [0.1, 0.15) is 0 Å². The van der Waals surface area contributed by atoms with Crippen molar-refractivity contribution in [1.29, 1.82) is 0 Å². The van der Waals surface area contributed by atoms with Gasteiger partial charge in [0, 0.05) is 30.9 Å². The van der Waals surface area contributed by atoms with Crippen LogP contribution in [0, 0.1) is 0 Å². The van der Waals surface area contributed by atoms with Crippen molar-refractivity contribution in [3.05, 3.63) is 24.3 Å². The molecular weight excluding hydrogens is 274 g/mol. The highest BCUT2D eigenvalue weighted by atomic mass is 32.2. The Bertz CT molecular complexity index is 502. The minimum atomic E-state index is -3.61. The molecular formula is C14H25N3O2S. The van der Waals surface area contributed by atoms with E-state index in [1.54, 1.807) is 12.1 Å². The van der Waals surface area contributed by atoms with Gasteiger partial charge in [0.25, 0.3) is 0 Å². The van der Waals surface area contributed by atoms with Crippen molar-refractivity contribution < 1.29 is 8.42 Å². The standard InChI is InChI=1S/C14H25N3O2S/c1-11(2)17(12(3)4)10-9-16-13-5-7-14(8-6-13)20(15,18)19/h5-8,11-12,16H,9-10H2,1-4H3,(H2,15,18,19). The van der Waals surface area contributed by atoms with Gasteiger partial charge in [-0.25, -0.2) is 13.6 Å². The number of primary sulfonamides is 1. The lowest BCUT2D eigenvalue weighted by Gasteiger charge is -2.30. The zero-order valence-corrected chi connectivity index (χ0v) is 13.4. The van der Waals surface area contributed by atoms with Crippen LogP contribution in [-0.2, 0) is 10.0 Å². The minimum Gasteiger partial charge on any atom is -0.384 e. The third kappa shape index (κ3) is 5.11. The molecule has 3 N–H and O–H groups in total. The SMILES string of the molecule is CC(C)N(CCNc1ccc(S(N)(=O)=O)cc1)C(C)C. The van der Waals surface area contributed by atoms with Crippen LogP contribution in [0.1, 0.15) is 27.7 Å². The summed E-state index contributed by atoms with van der Waals surface area (Å²) in [6.07, 6.45) is 0. The molecule has 20 heavy (non-hydrogen) atoms. The van der Waals surface area contributed by atoms with Crippen LogP contribution in [0.25, 0.3) is 0 Å². The molecule has 1 aromatic carbocycles. The lowest BCUT2D eigenvalue weighted by Crippen LogP contribution is -2.40. The van der Waals surface area contributed by atoms with Gasteiger partial charge in [-0.05, 0) is 52.0 Å². The second-order valence-electron chi connectivity index (χ2n) is 5.42. The van der Waals surface area contributed by atoms with Crippen LogP contribution in [0.4, 0.5) is 5.69 Å². The summed E-state index contributed by atoms with van der Waals surface area (Å²) < 4.78 is 22.3. The lowest BCUT2D eigenvalue weighted by atomic mass is 10.2. The number of sulfonamides is 1. The van der Waals surface area contributed by atoms with Crippen molar-refractivity contribution in [2.75, 3.05) is 18.4 Å². The van der Waals surface area contributed by atoms with Gasteiger partial charge < -0.3 is 5.32 Å². The Morgan fingerprint density at radius 3 is 2.00 bits per heavy atom. The summed E-state index contributed by atoms with van der Waals surface area (Å²) in [7, 11) is -3.61. The molecule has 1 aromatic rings. The maximum Gasteiger partial charge on any atom is 0.238 e. The van der Waals surface area contributed by atoms with E-state index in [-0.39, 0.29) is 4.90 Å². The van der Waals surface area contributed by atoms with E-state index in [0.717, 1.165) is 18.8 Å². The van der Waals surface area contributed by atoms with Gasteiger partial charge in [0.15, 0.2) is 0 Å². The van der Waals surface area contributed by atoms with E-state index in [1.165, 1.54) is 12.1 Å². The molecule has 0 saturated carbocycles. The third-order valence-electron chi connectivity index (χ3n) is 3.21. The quantitative estimate of drug-likeness (QED) is 0.806. The number of hydrogen-bond acceptors (Lipinski definition) is 4. The summed E-state index contributed by atoms with van der Waals surface area (Å²) in [6.45, 7) is 10.5. The van der Waals surface area contributed by atoms with Crippen molar-refractivity contribution in [3.63, 3.8) is 0 Å². The number of nitrogens with zero attached hydrogens (tertiary/aromatic N) is 1. The Labute approximate surface area is 122 Å². The number of benzene rings is 1. The summed E-state index contributed by atoms with van der Waals surface area (Å²) in [5, 5.41) is 8.34. The van der Waals surface area contributed by atoms with E-state index in [0.29, 0.717) is 12.1 Å².